The molecule has 1 aliphatic rings. The minimum atomic E-state index is -0.900. The highest BCUT2D eigenvalue weighted by atomic mass is 19.1. The molecule has 130 valence electrons. The van der Waals surface area contributed by atoms with Crippen molar-refractivity contribution in [1.29, 1.82) is 0 Å². The first-order chi connectivity index (χ1) is 11.4. The van der Waals surface area contributed by atoms with E-state index in [4.69, 9.17) is 4.74 Å². The number of hydrogen-bond acceptors (Lipinski definition) is 5. The van der Waals surface area contributed by atoms with E-state index in [1.165, 1.54) is 4.90 Å². The fraction of sp³-hybridized carbons (Fsp3) is 0.500. The number of piperidine rings is 1. The molecule has 8 heteroatoms. The summed E-state index contributed by atoms with van der Waals surface area (Å²) in [4.78, 5) is 35.2. The van der Waals surface area contributed by atoms with E-state index in [9.17, 15) is 24.1 Å². The second-order valence-electron chi connectivity index (χ2n) is 5.67. The lowest BCUT2D eigenvalue weighted by Gasteiger charge is -2.31. The molecular weight excluding hydrogens is 319 g/mol. The summed E-state index contributed by atoms with van der Waals surface area (Å²) in [5.41, 5.74) is -0.568. The average Bonchev–Trinajstić information content (AvgIpc) is 2.55. The molecule has 7 nitrogen and oxygen atoms in total. The van der Waals surface area contributed by atoms with E-state index < -0.39 is 22.3 Å². The van der Waals surface area contributed by atoms with Gasteiger partial charge in [-0.15, -0.1) is 0 Å². The predicted octanol–water partition coefficient (Wildman–Crippen LogP) is 2.54. The number of rotatable bonds is 5. The third kappa shape index (κ3) is 4.27. The summed E-state index contributed by atoms with van der Waals surface area (Å²) >= 11 is 0. The Bertz CT molecular complexity index is 641. The molecule has 2 rings (SSSR count). The maximum atomic E-state index is 13.9. The Hall–Kier alpha value is -2.51. The number of nitro benzene ring substituents is 1. The molecule has 0 N–H and O–H groups in total. The monoisotopic (exact) mass is 338 g/mol. The highest BCUT2D eigenvalue weighted by Gasteiger charge is 2.27. The first kappa shape index (κ1) is 17.8. The van der Waals surface area contributed by atoms with Crippen LogP contribution in [-0.2, 0) is 9.53 Å². The molecule has 1 saturated heterocycles. The van der Waals surface area contributed by atoms with Crippen LogP contribution in [0.15, 0.2) is 18.2 Å². The molecule has 1 aromatic carbocycles. The number of nitro groups is 1. The van der Waals surface area contributed by atoms with Crippen molar-refractivity contribution < 1.29 is 23.6 Å². The number of ether oxygens (including phenoxy) is 1. The molecule has 24 heavy (non-hydrogen) atoms. The van der Waals surface area contributed by atoms with Gasteiger partial charge in [0.25, 0.3) is 11.6 Å². The van der Waals surface area contributed by atoms with Gasteiger partial charge in [0.05, 0.1) is 23.2 Å². The van der Waals surface area contributed by atoms with Crippen LogP contribution in [0.1, 0.15) is 36.5 Å². The summed E-state index contributed by atoms with van der Waals surface area (Å²) in [6.45, 7) is 2.92. The van der Waals surface area contributed by atoms with Crippen molar-refractivity contribution in [3.05, 3.63) is 39.7 Å². The van der Waals surface area contributed by atoms with Gasteiger partial charge in [-0.3, -0.25) is 19.7 Å². The molecule has 0 spiro atoms. The van der Waals surface area contributed by atoms with Crippen molar-refractivity contribution in [3.63, 3.8) is 0 Å². The molecule has 0 radical (unpaired) electrons. The van der Waals surface area contributed by atoms with Gasteiger partial charge in [-0.25, -0.2) is 4.39 Å². The normalized spacial score (nSPS) is 15.2. The van der Waals surface area contributed by atoms with Crippen LogP contribution in [0.5, 0.6) is 0 Å². The molecule has 1 amide bonds. The van der Waals surface area contributed by atoms with Gasteiger partial charge in [0, 0.05) is 25.6 Å². The standard InChI is InChI=1S/C16H19FN2O5/c1-2-24-15(20)9-11-5-7-18(8-6-11)16(21)13-4-3-12(19(22)23)10-14(13)17/h3-4,10-11H,2,5-9H2,1H3. The van der Waals surface area contributed by atoms with Gasteiger partial charge in [0.15, 0.2) is 0 Å². The van der Waals surface area contributed by atoms with E-state index >= 15 is 0 Å². The van der Waals surface area contributed by atoms with Crippen molar-refractivity contribution in [2.45, 2.75) is 26.2 Å². The molecule has 1 aliphatic heterocycles. The zero-order valence-corrected chi connectivity index (χ0v) is 13.4. The molecule has 0 saturated carbocycles. The van der Waals surface area contributed by atoms with Gasteiger partial charge in [-0.2, -0.15) is 0 Å². The summed E-state index contributed by atoms with van der Waals surface area (Å²) in [6.07, 6.45) is 1.60. The van der Waals surface area contributed by atoms with E-state index in [0.29, 0.717) is 39.0 Å². The quantitative estimate of drug-likeness (QED) is 0.467. The molecule has 1 fully saturated rings. The summed E-state index contributed by atoms with van der Waals surface area (Å²) in [7, 11) is 0. The third-order valence-electron chi connectivity index (χ3n) is 4.06. The Morgan fingerprint density at radius 1 is 1.38 bits per heavy atom. The number of carbonyl (C=O) groups excluding carboxylic acids is 2. The van der Waals surface area contributed by atoms with Crippen LogP contribution in [0, 0.1) is 21.8 Å². The second kappa shape index (κ2) is 7.85. The molecule has 0 unspecified atom stereocenters. The number of likely N-dealkylation sites (tertiary alicyclic amines) is 1. The Balaban J connectivity index is 1.95. The third-order valence-corrected chi connectivity index (χ3v) is 4.06. The van der Waals surface area contributed by atoms with Crippen LogP contribution < -0.4 is 0 Å². The lowest BCUT2D eigenvalue weighted by molar-refractivity contribution is -0.385. The predicted molar refractivity (Wildman–Crippen MR) is 82.9 cm³/mol. The van der Waals surface area contributed by atoms with Crippen LogP contribution in [0.25, 0.3) is 0 Å². The maximum absolute atomic E-state index is 13.9. The van der Waals surface area contributed by atoms with Crippen molar-refractivity contribution in [2.75, 3.05) is 19.7 Å². The van der Waals surface area contributed by atoms with E-state index in [0.717, 1.165) is 18.2 Å². The van der Waals surface area contributed by atoms with E-state index in [-0.39, 0.29) is 17.5 Å². The first-order valence-electron chi connectivity index (χ1n) is 7.81. The van der Waals surface area contributed by atoms with Crippen molar-refractivity contribution in [2.24, 2.45) is 5.92 Å². The molecule has 0 atom stereocenters. The van der Waals surface area contributed by atoms with Crippen molar-refractivity contribution in [3.8, 4) is 0 Å². The first-order valence-corrected chi connectivity index (χ1v) is 7.81. The lowest BCUT2D eigenvalue weighted by Crippen LogP contribution is -2.39. The summed E-state index contributed by atoms with van der Waals surface area (Å²) < 4.78 is 18.8. The average molecular weight is 338 g/mol. The number of halogens is 1. The fourth-order valence-electron chi connectivity index (χ4n) is 2.76. The van der Waals surface area contributed by atoms with Gasteiger partial charge in [0.1, 0.15) is 5.82 Å². The Kier molecular flexibility index (Phi) is 5.83. The van der Waals surface area contributed by atoms with Crippen LogP contribution in [0.4, 0.5) is 10.1 Å². The summed E-state index contributed by atoms with van der Waals surface area (Å²) in [6, 6.07) is 3.01. The maximum Gasteiger partial charge on any atom is 0.306 e. The van der Waals surface area contributed by atoms with E-state index in [1.807, 2.05) is 0 Å². The second-order valence-corrected chi connectivity index (χ2v) is 5.67. The zero-order valence-electron chi connectivity index (χ0n) is 13.4. The molecule has 0 aromatic heterocycles. The SMILES string of the molecule is CCOC(=O)CC1CCN(C(=O)c2ccc([N+](=O)[O-])cc2F)CC1. The Labute approximate surface area is 138 Å². The van der Waals surface area contributed by atoms with Crippen molar-refractivity contribution in [1.82, 2.24) is 4.90 Å². The highest BCUT2D eigenvalue weighted by Crippen LogP contribution is 2.24. The largest absolute Gasteiger partial charge is 0.466 e. The number of carbonyl (C=O) groups is 2. The molecule has 1 aromatic rings. The smallest absolute Gasteiger partial charge is 0.306 e. The topological polar surface area (TPSA) is 89.8 Å². The van der Waals surface area contributed by atoms with Gasteiger partial charge < -0.3 is 9.64 Å². The number of benzene rings is 1. The van der Waals surface area contributed by atoms with Crippen LogP contribution in [-0.4, -0.2) is 41.4 Å². The van der Waals surface area contributed by atoms with Crippen LogP contribution >= 0.6 is 0 Å². The number of esters is 1. The molecular formula is C16H19FN2O5. The molecule has 0 aliphatic carbocycles. The molecule has 0 bridgehead atoms. The highest BCUT2D eigenvalue weighted by molar-refractivity contribution is 5.94. The van der Waals surface area contributed by atoms with Crippen LogP contribution in [0.3, 0.4) is 0 Å². The number of non-ortho nitro benzene ring substituents is 1. The minimum Gasteiger partial charge on any atom is -0.466 e. The van der Waals surface area contributed by atoms with Crippen LogP contribution in [0.2, 0.25) is 0 Å². The van der Waals surface area contributed by atoms with Crippen molar-refractivity contribution >= 4 is 17.6 Å². The number of amides is 1. The fourth-order valence-corrected chi connectivity index (χ4v) is 2.76. The van der Waals surface area contributed by atoms with Gasteiger partial charge in [0.2, 0.25) is 0 Å². The van der Waals surface area contributed by atoms with Gasteiger partial charge in [-0.1, -0.05) is 0 Å². The lowest BCUT2D eigenvalue weighted by atomic mass is 9.93. The zero-order chi connectivity index (χ0) is 17.7. The summed E-state index contributed by atoms with van der Waals surface area (Å²) in [5.74, 6) is -1.49. The Morgan fingerprint density at radius 3 is 2.58 bits per heavy atom. The molecule has 1 heterocycles. The Morgan fingerprint density at radius 2 is 2.04 bits per heavy atom. The number of hydrogen-bond donors (Lipinski definition) is 0. The van der Waals surface area contributed by atoms with E-state index in [1.54, 1.807) is 6.92 Å². The minimum absolute atomic E-state index is 0.148. The number of nitrogens with zero attached hydrogens (tertiary/aromatic N) is 2. The van der Waals surface area contributed by atoms with Gasteiger partial charge >= 0.3 is 5.97 Å². The van der Waals surface area contributed by atoms with E-state index in [2.05, 4.69) is 0 Å². The van der Waals surface area contributed by atoms with Gasteiger partial charge in [-0.05, 0) is 31.7 Å². The summed E-state index contributed by atoms with van der Waals surface area (Å²) in [5, 5.41) is 10.6.